The van der Waals surface area contributed by atoms with Gasteiger partial charge in [0.15, 0.2) is 6.61 Å². The number of fused-ring (bicyclic) bond motifs is 1. The Balaban J connectivity index is 1.32. The maximum absolute atomic E-state index is 12.7. The minimum absolute atomic E-state index is 0.188. The van der Waals surface area contributed by atoms with E-state index >= 15 is 0 Å². The molecular formula is C26H25BrN2O3. The van der Waals surface area contributed by atoms with Gasteiger partial charge in [-0.05, 0) is 68.7 Å². The number of esters is 1. The van der Waals surface area contributed by atoms with Crippen LogP contribution in [0.5, 0.6) is 0 Å². The highest BCUT2D eigenvalue weighted by Crippen LogP contribution is 2.23. The minimum atomic E-state index is -0.347. The second kappa shape index (κ2) is 9.57. The molecular weight excluding hydrogens is 468 g/mol. The Kier molecular flexibility index (Phi) is 6.61. The normalized spacial score (nSPS) is 11.1. The van der Waals surface area contributed by atoms with E-state index < -0.39 is 0 Å². The summed E-state index contributed by atoms with van der Waals surface area (Å²) in [5, 5.41) is 1.18. The number of halogens is 1. The first-order valence-corrected chi connectivity index (χ1v) is 11.4. The Labute approximate surface area is 195 Å². The molecule has 2 aromatic heterocycles. The van der Waals surface area contributed by atoms with E-state index in [2.05, 4.69) is 27.0 Å². The summed E-state index contributed by atoms with van der Waals surface area (Å²) in [6.45, 7) is 3.63. The van der Waals surface area contributed by atoms with Gasteiger partial charge >= 0.3 is 5.97 Å². The van der Waals surface area contributed by atoms with E-state index in [9.17, 15) is 9.59 Å². The molecule has 4 rings (SSSR count). The van der Waals surface area contributed by atoms with Crippen LogP contribution in [-0.4, -0.2) is 27.9 Å². The van der Waals surface area contributed by atoms with Crippen LogP contribution in [0.3, 0.4) is 0 Å². The zero-order valence-corrected chi connectivity index (χ0v) is 19.7. The predicted octanol–water partition coefficient (Wildman–Crippen LogP) is 6.09. The molecule has 6 heteroatoms. The average Bonchev–Trinajstić information content (AvgIpc) is 3.33. The average molecular weight is 493 g/mol. The van der Waals surface area contributed by atoms with Crippen molar-refractivity contribution in [3.63, 3.8) is 0 Å². The van der Waals surface area contributed by atoms with Crippen molar-refractivity contribution in [3.8, 4) is 5.69 Å². The van der Waals surface area contributed by atoms with Gasteiger partial charge in [-0.3, -0.25) is 9.59 Å². The maximum Gasteiger partial charge on any atom is 0.306 e. The molecule has 164 valence electrons. The molecule has 0 atom stereocenters. The minimum Gasteiger partial charge on any atom is -0.457 e. The third-order valence-corrected chi connectivity index (χ3v) is 6.21. The lowest BCUT2D eigenvalue weighted by Crippen LogP contribution is -2.15. The van der Waals surface area contributed by atoms with E-state index in [0.717, 1.165) is 33.5 Å². The van der Waals surface area contributed by atoms with Crippen molar-refractivity contribution < 1.29 is 14.3 Å². The van der Waals surface area contributed by atoms with Crippen molar-refractivity contribution in [3.05, 3.63) is 87.8 Å². The van der Waals surface area contributed by atoms with Crippen molar-refractivity contribution in [1.29, 1.82) is 0 Å². The van der Waals surface area contributed by atoms with E-state index in [1.165, 1.54) is 10.9 Å². The number of ether oxygens (including phenoxy) is 1. The number of ketones is 1. The van der Waals surface area contributed by atoms with E-state index in [1.54, 1.807) is 0 Å². The Morgan fingerprint density at radius 1 is 1.06 bits per heavy atom. The zero-order valence-electron chi connectivity index (χ0n) is 18.2. The third-order valence-electron chi connectivity index (χ3n) is 5.68. The van der Waals surface area contributed by atoms with Gasteiger partial charge in [0.05, 0.1) is 0 Å². The molecule has 5 nitrogen and oxygen atoms in total. The number of para-hydroxylation sites is 1. The number of H-pyrrole nitrogens is 1. The molecule has 4 aromatic rings. The highest BCUT2D eigenvalue weighted by Gasteiger charge is 2.18. The van der Waals surface area contributed by atoms with Gasteiger partial charge in [-0.2, -0.15) is 0 Å². The van der Waals surface area contributed by atoms with Gasteiger partial charge in [0.25, 0.3) is 0 Å². The quantitative estimate of drug-likeness (QED) is 0.239. The summed E-state index contributed by atoms with van der Waals surface area (Å²) in [5.41, 5.74) is 5.64. The molecule has 0 aliphatic heterocycles. The number of rotatable bonds is 8. The monoisotopic (exact) mass is 492 g/mol. The van der Waals surface area contributed by atoms with Crippen LogP contribution in [0.15, 0.2) is 65.3 Å². The fourth-order valence-electron chi connectivity index (χ4n) is 4.09. The molecule has 32 heavy (non-hydrogen) atoms. The molecule has 0 amide bonds. The fourth-order valence-corrected chi connectivity index (χ4v) is 4.35. The SMILES string of the molecule is Cc1cc(C(=O)COC(=O)CCCc2c[nH]c3ccccc23)c(C)n1-c1ccc(Br)cc1. The molecule has 0 bridgehead atoms. The summed E-state index contributed by atoms with van der Waals surface area (Å²) >= 11 is 3.44. The van der Waals surface area contributed by atoms with Gasteiger partial charge in [0.1, 0.15) is 0 Å². The van der Waals surface area contributed by atoms with Gasteiger partial charge in [-0.15, -0.1) is 0 Å². The number of hydrogen-bond donors (Lipinski definition) is 1. The van der Waals surface area contributed by atoms with Crippen LogP contribution in [0.2, 0.25) is 0 Å². The number of aromatic nitrogens is 2. The summed E-state index contributed by atoms with van der Waals surface area (Å²) in [6.07, 6.45) is 3.72. The first-order chi connectivity index (χ1) is 15.4. The van der Waals surface area contributed by atoms with E-state index in [-0.39, 0.29) is 24.8 Å². The first kappa shape index (κ1) is 22.1. The van der Waals surface area contributed by atoms with Gasteiger partial charge in [-0.25, -0.2) is 0 Å². The third kappa shape index (κ3) is 4.70. The molecule has 2 aromatic carbocycles. The topological polar surface area (TPSA) is 64.1 Å². The molecule has 0 aliphatic carbocycles. The highest BCUT2D eigenvalue weighted by molar-refractivity contribution is 9.10. The summed E-state index contributed by atoms with van der Waals surface area (Å²) in [7, 11) is 0. The van der Waals surface area contributed by atoms with Crippen molar-refractivity contribution in [2.45, 2.75) is 33.1 Å². The second-order valence-corrected chi connectivity index (χ2v) is 8.81. The lowest BCUT2D eigenvalue weighted by atomic mass is 10.1. The number of carbonyl (C=O) groups excluding carboxylic acids is 2. The maximum atomic E-state index is 12.7. The Morgan fingerprint density at radius 3 is 2.59 bits per heavy atom. The predicted molar refractivity (Wildman–Crippen MR) is 129 cm³/mol. The van der Waals surface area contributed by atoms with Crippen LogP contribution in [0.4, 0.5) is 0 Å². The summed E-state index contributed by atoms with van der Waals surface area (Å²) in [4.78, 5) is 28.2. The van der Waals surface area contributed by atoms with Crippen molar-refractivity contribution in [1.82, 2.24) is 9.55 Å². The van der Waals surface area contributed by atoms with Crippen molar-refractivity contribution in [2.24, 2.45) is 0 Å². The van der Waals surface area contributed by atoms with E-state index in [0.29, 0.717) is 12.0 Å². The molecule has 0 saturated carbocycles. The van der Waals surface area contributed by atoms with E-state index in [4.69, 9.17) is 4.74 Å². The number of aryl methyl sites for hydroxylation is 2. The van der Waals surface area contributed by atoms with Crippen molar-refractivity contribution >= 4 is 38.6 Å². The van der Waals surface area contributed by atoms with Gasteiger partial charge in [0, 0.05) is 50.6 Å². The van der Waals surface area contributed by atoms with Crippen LogP contribution >= 0.6 is 15.9 Å². The molecule has 0 saturated heterocycles. The molecule has 2 heterocycles. The number of hydrogen-bond acceptors (Lipinski definition) is 3. The summed E-state index contributed by atoms with van der Waals surface area (Å²) in [6, 6.07) is 17.9. The molecule has 0 fully saturated rings. The van der Waals surface area contributed by atoms with Crippen LogP contribution in [0.25, 0.3) is 16.6 Å². The lowest BCUT2D eigenvalue weighted by Gasteiger charge is -2.10. The largest absolute Gasteiger partial charge is 0.457 e. The fraction of sp³-hybridized carbons (Fsp3) is 0.231. The molecule has 0 radical (unpaired) electrons. The van der Waals surface area contributed by atoms with Gasteiger partial charge in [-0.1, -0.05) is 34.1 Å². The number of aromatic amines is 1. The highest BCUT2D eigenvalue weighted by atomic mass is 79.9. The second-order valence-electron chi connectivity index (χ2n) is 7.89. The number of carbonyl (C=O) groups is 2. The number of Topliss-reactive ketones (excluding diaryl/α,β-unsaturated/α-hetero) is 1. The smallest absolute Gasteiger partial charge is 0.306 e. The van der Waals surface area contributed by atoms with Gasteiger partial charge < -0.3 is 14.3 Å². The molecule has 1 N–H and O–H groups in total. The number of nitrogens with zero attached hydrogens (tertiary/aromatic N) is 1. The van der Waals surface area contributed by atoms with Crippen molar-refractivity contribution in [2.75, 3.05) is 6.61 Å². The first-order valence-electron chi connectivity index (χ1n) is 10.6. The van der Waals surface area contributed by atoms with E-state index in [1.807, 2.05) is 73.1 Å². The van der Waals surface area contributed by atoms with Crippen LogP contribution in [0.1, 0.15) is 40.2 Å². The standard InChI is InChI=1S/C26H25BrN2O3/c1-17-14-23(18(2)29(17)21-12-10-20(27)11-13-21)25(30)16-32-26(31)9-5-6-19-15-28-24-8-4-3-7-22(19)24/h3-4,7-8,10-15,28H,5-6,9,16H2,1-2H3. The molecule has 0 aliphatic rings. The summed E-state index contributed by atoms with van der Waals surface area (Å²) < 4.78 is 8.31. The number of nitrogens with one attached hydrogen (secondary N) is 1. The Bertz CT molecular complexity index is 1270. The summed E-state index contributed by atoms with van der Waals surface area (Å²) in [5.74, 6) is -0.536. The number of benzene rings is 2. The lowest BCUT2D eigenvalue weighted by molar-refractivity contribution is -0.142. The Morgan fingerprint density at radius 2 is 1.81 bits per heavy atom. The molecule has 0 unspecified atom stereocenters. The van der Waals surface area contributed by atoms with Crippen LogP contribution in [-0.2, 0) is 16.0 Å². The Hall–Kier alpha value is -3.12. The van der Waals surface area contributed by atoms with Gasteiger partial charge in [0.2, 0.25) is 5.78 Å². The molecule has 0 spiro atoms. The van der Waals surface area contributed by atoms with Crippen LogP contribution < -0.4 is 0 Å². The van der Waals surface area contributed by atoms with Crippen LogP contribution in [0, 0.1) is 13.8 Å². The zero-order chi connectivity index (χ0) is 22.7.